The number of carbonyl (C=O) groups excluding carboxylic acids is 5. The van der Waals surface area contributed by atoms with E-state index in [1.165, 1.54) is 35.6 Å². The highest BCUT2D eigenvalue weighted by atomic mass is 32.1. The fraction of sp³-hybridized carbons (Fsp3) is 0.458. The van der Waals surface area contributed by atoms with Crippen molar-refractivity contribution < 1.29 is 68.9 Å². The molecule has 0 unspecified atom stereocenters. The number of fused-ring (bicyclic) bond motifs is 2. The number of likely N-dealkylation sites (N-methyl/N-ethyl adjacent to an activating group) is 2. The normalized spacial score (nSPS) is 18.3. The number of carbonyl (C=O) groups is 5. The molecule has 3 aliphatic heterocycles. The summed E-state index contributed by atoms with van der Waals surface area (Å²) in [6.07, 6.45) is -4.06. The predicted octanol–water partition coefficient (Wildman–Crippen LogP) is 13.0. The second kappa shape index (κ2) is 31.5. The van der Waals surface area contributed by atoms with Crippen LogP contribution in [0.2, 0.25) is 0 Å². The molecule has 96 heavy (non-hydrogen) atoms. The quantitative estimate of drug-likeness (QED) is 0.0394. The minimum atomic E-state index is -5.15. The van der Waals surface area contributed by atoms with Crippen molar-refractivity contribution in [3.05, 3.63) is 178 Å². The topological polar surface area (TPSA) is 157 Å². The highest BCUT2D eigenvalue weighted by Gasteiger charge is 2.50. The fourth-order valence-electron chi connectivity index (χ4n) is 13.5. The van der Waals surface area contributed by atoms with Crippen molar-refractivity contribution in [2.45, 2.75) is 106 Å². The first-order valence-corrected chi connectivity index (χ1v) is 33.6. The van der Waals surface area contributed by atoms with Gasteiger partial charge >= 0.3 is 18.4 Å². The van der Waals surface area contributed by atoms with Crippen LogP contribution in [0, 0.1) is 5.82 Å². The average molecular weight is 1350 g/mol. The van der Waals surface area contributed by atoms with Crippen LogP contribution in [-0.4, -0.2) is 178 Å². The number of nitrogens with zero attached hydrogens (tertiary/aromatic N) is 6. The first kappa shape index (κ1) is 70.9. The van der Waals surface area contributed by atoms with Crippen LogP contribution < -0.4 is 10.6 Å². The summed E-state index contributed by atoms with van der Waals surface area (Å²) in [6, 6.07) is 35.6. The number of alkyl halides is 6. The van der Waals surface area contributed by atoms with E-state index in [-0.39, 0.29) is 55.6 Å². The molecule has 5 aromatic carbocycles. The Kier molecular flexibility index (Phi) is 23.3. The van der Waals surface area contributed by atoms with Crippen LogP contribution in [0.15, 0.2) is 133 Å². The monoisotopic (exact) mass is 1350 g/mol. The number of hydrogen-bond acceptors (Lipinski definition) is 12. The van der Waals surface area contributed by atoms with Crippen LogP contribution in [0.4, 0.5) is 46.2 Å². The van der Waals surface area contributed by atoms with Crippen LogP contribution >= 0.6 is 11.3 Å². The van der Waals surface area contributed by atoms with Gasteiger partial charge in [0, 0.05) is 96.5 Å². The van der Waals surface area contributed by atoms with Gasteiger partial charge in [-0.3, -0.25) is 24.5 Å². The molecule has 0 saturated carbocycles. The molecule has 0 radical (unpaired) electrons. The lowest BCUT2D eigenvalue weighted by Crippen LogP contribution is -2.50. The first-order chi connectivity index (χ1) is 46.0. The number of benzene rings is 5. The van der Waals surface area contributed by atoms with Crippen molar-refractivity contribution in [3.63, 3.8) is 0 Å². The maximum atomic E-state index is 14.2. The van der Waals surface area contributed by atoms with Gasteiger partial charge in [0.05, 0.1) is 39.3 Å². The Morgan fingerprint density at radius 1 is 0.688 bits per heavy atom. The Hall–Kier alpha value is -7.90. The molecule has 2 atom stereocenters. The Bertz CT molecular complexity index is 3600. The van der Waals surface area contributed by atoms with Gasteiger partial charge < -0.3 is 48.9 Å². The number of piperidine rings is 2. The smallest absolute Gasteiger partial charge is 0.416 e. The van der Waals surface area contributed by atoms with Gasteiger partial charge in [-0.25, -0.2) is 9.18 Å². The molecule has 514 valence electrons. The molecule has 1 aromatic heterocycles. The Labute approximate surface area is 559 Å². The van der Waals surface area contributed by atoms with Crippen LogP contribution in [0.3, 0.4) is 0 Å². The maximum Gasteiger partial charge on any atom is 0.416 e. The third-order valence-electron chi connectivity index (χ3n) is 19.2. The molecular weight excluding hydrogens is 1270 g/mol. The van der Waals surface area contributed by atoms with Gasteiger partial charge in [0.2, 0.25) is 11.8 Å². The van der Waals surface area contributed by atoms with E-state index in [9.17, 15) is 54.7 Å². The molecule has 4 heterocycles. The van der Waals surface area contributed by atoms with E-state index >= 15 is 0 Å². The number of amides is 5. The molecule has 5 amide bonds. The molecule has 2 N–H and O–H groups in total. The molecular formula is C72H83F7N8O8S. The number of rotatable bonds is 26. The SMILES string of the molecule is CN(CCN1CCC(OC(=O)Nc2ccccc2-c2ccccc2)CC1)C(=O)CCCCCNc1ccc(C(=O)N(C)CCCN(C)C(=O)CO[C@H]2Cc3ccccc3C23CCN(CC[C@]2(c4ccc(F)cc4)CN(C(=O)c4cc(C(F)(F)F)cc(C(F)(F)F)c4)CO2)CC3)s1. The highest BCUT2D eigenvalue weighted by Crippen LogP contribution is 2.49. The molecule has 24 heteroatoms. The van der Waals surface area contributed by atoms with Crippen molar-refractivity contribution in [1.82, 2.24) is 29.4 Å². The van der Waals surface area contributed by atoms with Gasteiger partial charge in [0.25, 0.3) is 11.8 Å². The van der Waals surface area contributed by atoms with Gasteiger partial charge in [-0.05, 0) is 142 Å². The number of ether oxygens (including phenoxy) is 3. The fourth-order valence-corrected chi connectivity index (χ4v) is 14.4. The number of unbranched alkanes of at least 4 members (excludes halogenated alkanes) is 2. The van der Waals surface area contributed by atoms with E-state index in [4.69, 9.17) is 14.2 Å². The molecule has 3 saturated heterocycles. The van der Waals surface area contributed by atoms with Gasteiger partial charge in [-0.1, -0.05) is 91.3 Å². The van der Waals surface area contributed by atoms with Crippen LogP contribution in [0.1, 0.15) is 112 Å². The second-order valence-electron chi connectivity index (χ2n) is 25.6. The number of para-hydroxylation sites is 1. The number of nitrogens with one attached hydrogen (secondary N) is 2. The largest absolute Gasteiger partial charge is 0.446 e. The zero-order valence-corrected chi connectivity index (χ0v) is 55.1. The van der Waals surface area contributed by atoms with Crippen molar-refractivity contribution in [1.29, 1.82) is 0 Å². The van der Waals surface area contributed by atoms with E-state index in [2.05, 4.69) is 32.6 Å². The zero-order valence-electron chi connectivity index (χ0n) is 54.3. The summed E-state index contributed by atoms with van der Waals surface area (Å²) in [5, 5.41) is 7.23. The molecule has 6 aromatic rings. The van der Waals surface area contributed by atoms with E-state index in [1.54, 1.807) is 28.8 Å². The molecule has 1 aliphatic carbocycles. The molecule has 4 aliphatic rings. The van der Waals surface area contributed by atoms with Gasteiger partial charge in [-0.15, -0.1) is 11.3 Å². The van der Waals surface area contributed by atoms with Crippen molar-refractivity contribution in [2.75, 3.05) is 117 Å². The Morgan fingerprint density at radius 2 is 1.34 bits per heavy atom. The number of thiophene rings is 1. The highest BCUT2D eigenvalue weighted by molar-refractivity contribution is 7.17. The number of likely N-dealkylation sites (tertiary alicyclic amines) is 2. The summed E-state index contributed by atoms with van der Waals surface area (Å²) < 4.78 is 116. The summed E-state index contributed by atoms with van der Waals surface area (Å²) in [6.45, 7) is 5.31. The third-order valence-corrected chi connectivity index (χ3v) is 20.2. The lowest BCUT2D eigenvalue weighted by atomic mass is 9.72. The van der Waals surface area contributed by atoms with Crippen molar-refractivity contribution >= 4 is 51.7 Å². The summed E-state index contributed by atoms with van der Waals surface area (Å²) in [5.41, 5.74) is -0.243. The van der Waals surface area contributed by atoms with Crippen LogP contribution in [0.5, 0.6) is 0 Å². The molecule has 10 rings (SSSR count). The molecule has 1 spiro atoms. The Balaban J connectivity index is 0.606. The first-order valence-electron chi connectivity index (χ1n) is 32.8. The van der Waals surface area contributed by atoms with Crippen molar-refractivity contribution in [3.8, 4) is 11.1 Å². The van der Waals surface area contributed by atoms with Crippen molar-refractivity contribution in [2.24, 2.45) is 0 Å². The summed E-state index contributed by atoms with van der Waals surface area (Å²) in [4.78, 5) is 78.0. The standard InChI is InChI=1S/C72H83F7N8O8S/c1-82(34-14-35-84(3)67(91)61-26-27-63(96-61)80-33-13-5-8-21-64(88)83(2)41-42-85-36-28-57(29-37-85)95-68(92)81-60-20-12-10-18-58(60)50-15-6-4-7-16-50)65(89)47-93-62-45-51-17-9-11-19-59(51)69(62)30-38-86(39-31-69)40-32-70(53-22-24-56(73)25-23-53)48-87(49-94-70)66(90)52-43-54(71(74,75)76)46-55(44-52)72(77,78)79/h4,6-7,9-12,15-20,22-27,43-44,46,57,62,80H,5,8,13-14,21,28-42,45,47-49H2,1-3H3,(H,81,92)/t62-,70+/m0/s1. The van der Waals surface area contributed by atoms with Gasteiger partial charge in [-0.2, -0.15) is 26.3 Å². The minimum Gasteiger partial charge on any atom is -0.446 e. The lowest BCUT2D eigenvalue weighted by Gasteiger charge is -2.44. The van der Waals surface area contributed by atoms with E-state index in [0.717, 1.165) is 83.9 Å². The van der Waals surface area contributed by atoms with E-state index in [1.807, 2.05) is 85.9 Å². The lowest BCUT2D eigenvalue weighted by molar-refractivity contribution is -0.143. The number of anilines is 2. The van der Waals surface area contributed by atoms with Crippen LogP contribution in [0.25, 0.3) is 11.1 Å². The summed E-state index contributed by atoms with van der Waals surface area (Å²) in [5.74, 6) is -1.80. The zero-order chi connectivity index (χ0) is 68.2. The van der Waals surface area contributed by atoms with E-state index in [0.29, 0.717) is 106 Å². The third kappa shape index (κ3) is 17.8. The molecule has 3 fully saturated rings. The Morgan fingerprint density at radius 3 is 2.06 bits per heavy atom. The maximum absolute atomic E-state index is 14.2. The van der Waals surface area contributed by atoms with Gasteiger partial charge in [0.15, 0.2) is 0 Å². The molecule has 16 nitrogen and oxygen atoms in total. The van der Waals surface area contributed by atoms with Gasteiger partial charge in [0.1, 0.15) is 30.9 Å². The number of halogens is 7. The molecule has 0 bridgehead atoms. The second-order valence-corrected chi connectivity index (χ2v) is 26.7. The minimum absolute atomic E-state index is 0.0284. The van der Waals surface area contributed by atoms with Crippen LogP contribution in [-0.2, 0) is 53.6 Å². The number of hydrogen-bond donors (Lipinski definition) is 2. The average Bonchev–Trinajstić information content (AvgIpc) is 1.58. The summed E-state index contributed by atoms with van der Waals surface area (Å²) >= 11 is 1.39. The summed E-state index contributed by atoms with van der Waals surface area (Å²) in [7, 11) is 5.31. The van der Waals surface area contributed by atoms with E-state index < -0.39 is 64.6 Å². The predicted molar refractivity (Wildman–Crippen MR) is 353 cm³/mol.